The highest BCUT2D eigenvalue weighted by atomic mass is 16.7. The van der Waals surface area contributed by atoms with Gasteiger partial charge in [0.25, 0.3) is 0 Å². The lowest BCUT2D eigenvalue weighted by Crippen LogP contribution is -2.63. The van der Waals surface area contributed by atoms with Crippen LogP contribution in [0, 0.1) is 28.6 Å². The molecule has 3 N–H and O–H groups in total. The van der Waals surface area contributed by atoms with Crippen LogP contribution in [0.15, 0.2) is 29.0 Å². The van der Waals surface area contributed by atoms with E-state index in [4.69, 9.17) is 14.3 Å². The number of hydrogen-bond acceptors (Lipinski definition) is 9. The lowest BCUT2D eigenvalue weighted by molar-refractivity contribution is -0.196. The minimum Gasteiger partial charge on any atom is -0.453 e. The fourth-order valence-corrected chi connectivity index (χ4v) is 8.60. The molecule has 1 heterocycles. The zero-order valence-electron chi connectivity index (χ0n) is 23.4. The molecular weight excluding hydrogens is 504 g/mol. The summed E-state index contributed by atoms with van der Waals surface area (Å²) in [6.45, 7) is 6.42. The summed E-state index contributed by atoms with van der Waals surface area (Å²) in [5, 5.41) is 28.6. The van der Waals surface area contributed by atoms with Gasteiger partial charge < -0.3 is 34.6 Å². The Hall–Kier alpha value is -2.27. The number of ketones is 1. The van der Waals surface area contributed by atoms with E-state index in [-0.39, 0.29) is 29.0 Å². The Balaban J connectivity index is 1.28. The van der Waals surface area contributed by atoms with Crippen molar-refractivity contribution in [2.45, 2.75) is 83.4 Å². The summed E-state index contributed by atoms with van der Waals surface area (Å²) in [7, 11) is 1.34. The van der Waals surface area contributed by atoms with Gasteiger partial charge in [-0.1, -0.05) is 30.7 Å². The van der Waals surface area contributed by atoms with Crippen LogP contribution in [-0.2, 0) is 23.8 Å². The van der Waals surface area contributed by atoms with Gasteiger partial charge in [0.05, 0.1) is 19.3 Å². The fourth-order valence-electron chi connectivity index (χ4n) is 8.60. The van der Waals surface area contributed by atoms with Crippen molar-refractivity contribution in [2.24, 2.45) is 33.7 Å². The van der Waals surface area contributed by atoms with Crippen LogP contribution in [0.1, 0.15) is 59.3 Å². The number of allylic oxidation sites excluding steroid dienone is 4. The van der Waals surface area contributed by atoms with Gasteiger partial charge >= 0.3 is 6.09 Å². The summed E-state index contributed by atoms with van der Waals surface area (Å²) < 4.78 is 16.9. The number of Topliss-reactive ketones (excluding diaryl/α,β-unsaturated/α-hetero) is 1. The fraction of sp³-hybridized carbons (Fsp3) is 0.759. The van der Waals surface area contributed by atoms with E-state index in [0.717, 1.165) is 31.4 Å². The first-order valence-corrected chi connectivity index (χ1v) is 14.2. The molecule has 3 saturated carbocycles. The average molecular weight is 547 g/mol. The van der Waals surface area contributed by atoms with Gasteiger partial charge in [-0.05, 0) is 69.4 Å². The number of oxime groups is 1. The van der Waals surface area contributed by atoms with Crippen LogP contribution >= 0.6 is 0 Å². The van der Waals surface area contributed by atoms with E-state index in [1.807, 2.05) is 6.08 Å². The highest BCUT2D eigenvalue weighted by Crippen LogP contribution is 2.69. The van der Waals surface area contributed by atoms with Crippen molar-refractivity contribution in [1.82, 2.24) is 5.32 Å². The third kappa shape index (κ3) is 4.44. The number of aliphatic hydroxyl groups is 2. The van der Waals surface area contributed by atoms with Crippen molar-refractivity contribution in [3.63, 3.8) is 0 Å². The predicted molar refractivity (Wildman–Crippen MR) is 142 cm³/mol. The summed E-state index contributed by atoms with van der Waals surface area (Å²) in [6.07, 6.45) is 8.59. The molecule has 5 rings (SSSR count). The van der Waals surface area contributed by atoms with E-state index in [2.05, 4.69) is 41.2 Å². The number of nitrogens with zero attached hydrogens (tertiary/aromatic N) is 1. The molecule has 10 nitrogen and oxygen atoms in total. The molecule has 1 unspecified atom stereocenters. The standard InChI is InChI=1S/C29H42N2O8/c1-17-38-24-14-21-20-8-7-18-13-19(31-37-12-6-5-11-30-26(35)36-4)9-10-27(18,2)25(20)22(33)15-28(21,3)29(24,39-17)23(34)16-32/h9-10,13,17,20-22,24-25,32-33H,5-8,11-12,14-16H2,1-4H3,(H,30,35)/b31-19-/t17?,20-,21-,22-,24+,25+,27-,28-,29+/m0/s1. The second-order valence-corrected chi connectivity index (χ2v) is 12.1. The van der Waals surface area contributed by atoms with Crippen LogP contribution < -0.4 is 5.32 Å². The Bertz CT molecular complexity index is 1070. The topological polar surface area (TPSA) is 136 Å². The van der Waals surface area contributed by atoms with Crippen LogP contribution in [-0.4, -0.2) is 78.8 Å². The smallest absolute Gasteiger partial charge is 0.406 e. The molecule has 0 spiro atoms. The highest BCUT2D eigenvalue weighted by Gasteiger charge is 2.75. The average Bonchev–Trinajstić information content (AvgIpc) is 3.37. The Morgan fingerprint density at radius 2 is 2.08 bits per heavy atom. The maximum absolute atomic E-state index is 13.2. The monoisotopic (exact) mass is 546 g/mol. The summed E-state index contributed by atoms with van der Waals surface area (Å²) in [5.41, 5.74) is -0.181. The number of carbonyl (C=O) groups is 2. The molecule has 9 atom stereocenters. The van der Waals surface area contributed by atoms with Crippen molar-refractivity contribution < 1.29 is 38.9 Å². The number of alkyl carbamates (subject to hydrolysis) is 1. The third-order valence-corrected chi connectivity index (χ3v) is 10.2. The number of amides is 1. The third-order valence-electron chi connectivity index (χ3n) is 10.2. The summed E-state index contributed by atoms with van der Waals surface area (Å²) in [6, 6.07) is 0. The maximum atomic E-state index is 13.2. The Morgan fingerprint density at radius 1 is 1.28 bits per heavy atom. The van der Waals surface area contributed by atoms with Crippen molar-refractivity contribution >= 4 is 17.6 Å². The van der Waals surface area contributed by atoms with E-state index >= 15 is 0 Å². The Labute approximate surface area is 229 Å². The quantitative estimate of drug-likeness (QED) is 0.312. The van der Waals surface area contributed by atoms with Gasteiger partial charge in [-0.2, -0.15) is 0 Å². The molecule has 1 amide bonds. The normalized spacial score (nSPS) is 43.1. The number of nitrogens with one attached hydrogen (secondary N) is 1. The van der Waals surface area contributed by atoms with Crippen molar-refractivity contribution in [1.29, 1.82) is 0 Å². The van der Waals surface area contributed by atoms with Crippen LogP contribution in [0.3, 0.4) is 0 Å². The van der Waals surface area contributed by atoms with Gasteiger partial charge in [0.15, 0.2) is 17.7 Å². The van der Waals surface area contributed by atoms with E-state index in [0.29, 0.717) is 26.0 Å². The number of methoxy groups -OCH3 is 1. The molecule has 0 aromatic heterocycles. The molecule has 0 aromatic carbocycles. The molecule has 39 heavy (non-hydrogen) atoms. The molecule has 4 aliphatic carbocycles. The van der Waals surface area contributed by atoms with Crippen LogP contribution in [0.25, 0.3) is 0 Å². The van der Waals surface area contributed by atoms with Gasteiger partial charge in [0, 0.05) is 23.3 Å². The molecule has 0 aromatic rings. The minimum atomic E-state index is -1.22. The SMILES string of the molecule is COC(=O)NCCCCO/N=C1/C=C[C@@]2(C)C(=C1)CC[C@@H]1[C@@H]2[C@@H](O)C[C@@]2(C)[C@H]1C[C@H]1OC(C)O[C@]12C(=O)CO. The van der Waals surface area contributed by atoms with Gasteiger partial charge in [0.1, 0.15) is 18.9 Å². The zero-order chi connectivity index (χ0) is 28.0. The maximum Gasteiger partial charge on any atom is 0.406 e. The first-order chi connectivity index (χ1) is 18.6. The Kier molecular flexibility index (Phi) is 7.69. The number of unbranched alkanes of at least 4 members (excludes halogenated alkanes) is 1. The van der Waals surface area contributed by atoms with E-state index < -0.39 is 42.2 Å². The van der Waals surface area contributed by atoms with E-state index in [1.54, 1.807) is 6.92 Å². The lowest BCUT2D eigenvalue weighted by atomic mass is 9.46. The minimum absolute atomic E-state index is 0.00543. The van der Waals surface area contributed by atoms with E-state index in [1.165, 1.54) is 12.7 Å². The Morgan fingerprint density at radius 3 is 2.82 bits per heavy atom. The molecule has 0 bridgehead atoms. The molecule has 10 heteroatoms. The number of fused-ring (bicyclic) bond motifs is 7. The summed E-state index contributed by atoms with van der Waals surface area (Å²) >= 11 is 0. The lowest BCUT2D eigenvalue weighted by Gasteiger charge is -2.59. The van der Waals surface area contributed by atoms with Gasteiger partial charge in [-0.25, -0.2) is 4.79 Å². The number of ether oxygens (including phenoxy) is 3. The first-order valence-electron chi connectivity index (χ1n) is 14.2. The molecule has 1 saturated heterocycles. The summed E-state index contributed by atoms with van der Waals surface area (Å²) in [4.78, 5) is 29.8. The van der Waals surface area contributed by atoms with Crippen molar-refractivity contribution in [3.8, 4) is 0 Å². The highest BCUT2D eigenvalue weighted by molar-refractivity contribution is 6.05. The van der Waals surface area contributed by atoms with Crippen LogP contribution in [0.5, 0.6) is 0 Å². The first kappa shape index (κ1) is 28.3. The van der Waals surface area contributed by atoms with Gasteiger partial charge in [-0.3, -0.25) is 4.79 Å². The number of hydrogen-bond donors (Lipinski definition) is 3. The summed E-state index contributed by atoms with van der Waals surface area (Å²) in [5.74, 6) is -0.0181. The molecular formula is C29H42N2O8. The van der Waals surface area contributed by atoms with Gasteiger partial charge in [0.2, 0.25) is 0 Å². The molecule has 1 aliphatic heterocycles. The largest absolute Gasteiger partial charge is 0.453 e. The zero-order valence-corrected chi connectivity index (χ0v) is 23.4. The van der Waals surface area contributed by atoms with Crippen molar-refractivity contribution in [3.05, 3.63) is 23.8 Å². The van der Waals surface area contributed by atoms with Crippen LogP contribution in [0.4, 0.5) is 4.79 Å². The molecule has 0 radical (unpaired) electrons. The van der Waals surface area contributed by atoms with Crippen LogP contribution in [0.2, 0.25) is 0 Å². The second kappa shape index (κ2) is 10.6. The van der Waals surface area contributed by atoms with E-state index in [9.17, 15) is 19.8 Å². The molecule has 5 aliphatic rings. The molecule has 4 fully saturated rings. The predicted octanol–water partition coefficient (Wildman–Crippen LogP) is 2.88. The van der Waals surface area contributed by atoms with Gasteiger partial charge in [-0.15, -0.1) is 0 Å². The number of carbonyl (C=O) groups excluding carboxylic acids is 2. The number of aliphatic hydroxyl groups excluding tert-OH is 2. The second-order valence-electron chi connectivity index (χ2n) is 12.1. The number of rotatable bonds is 8. The molecule has 216 valence electrons. The van der Waals surface area contributed by atoms with Crippen molar-refractivity contribution in [2.75, 3.05) is 26.9 Å².